The van der Waals surface area contributed by atoms with Gasteiger partial charge < -0.3 is 0 Å². The van der Waals surface area contributed by atoms with Crippen LogP contribution in [0.2, 0.25) is 0 Å². The normalized spacial score (nSPS) is 11.3. The van der Waals surface area contributed by atoms with Crippen molar-refractivity contribution in [3.8, 4) is 0 Å². The van der Waals surface area contributed by atoms with Gasteiger partial charge in [0.15, 0.2) is 0 Å². The first-order chi connectivity index (χ1) is 9.49. The maximum absolute atomic E-state index is 12.2. The fourth-order valence-corrected chi connectivity index (χ4v) is 2.28. The van der Waals surface area contributed by atoms with Gasteiger partial charge in [0, 0.05) is 0 Å². The van der Waals surface area contributed by atoms with E-state index >= 15 is 0 Å². The molecule has 0 radical (unpaired) electrons. The molecule has 0 aromatic carbocycles. The molecule has 0 rings (SSSR count). The maximum Gasteiger partial charge on any atom is 0.475 e. The van der Waals surface area contributed by atoms with Crippen molar-refractivity contribution in [3.05, 3.63) is 12.7 Å². The Labute approximate surface area is 120 Å². The average molecular weight is 306 g/mol. The Balaban J connectivity index is 4.42. The molecule has 20 heavy (non-hydrogen) atoms. The number of hydrogen-bond acceptors (Lipinski definition) is 6. The van der Waals surface area contributed by atoms with E-state index in [4.69, 9.17) is 13.6 Å². The van der Waals surface area contributed by atoms with E-state index in [-0.39, 0.29) is 13.2 Å². The standard InChI is InChI=1S/C13H23O6P/c1-4-7-9-17-20(16,18-10-8-5-2)19-11-13(15)12(14)6-3/h6H,3-5,7-11H2,1-2H3. The monoisotopic (exact) mass is 306 g/mol. The summed E-state index contributed by atoms with van der Waals surface area (Å²) in [5, 5.41) is 0. The number of allylic oxidation sites excluding steroid dienone is 1. The summed E-state index contributed by atoms with van der Waals surface area (Å²) in [6.45, 7) is 6.89. The molecule has 0 bridgehead atoms. The van der Waals surface area contributed by atoms with Crippen molar-refractivity contribution in [2.24, 2.45) is 0 Å². The quantitative estimate of drug-likeness (QED) is 0.225. The van der Waals surface area contributed by atoms with Crippen LogP contribution < -0.4 is 0 Å². The van der Waals surface area contributed by atoms with Gasteiger partial charge in [-0.2, -0.15) is 0 Å². The molecule has 6 nitrogen and oxygen atoms in total. The molecule has 0 unspecified atom stereocenters. The van der Waals surface area contributed by atoms with Crippen LogP contribution in [-0.2, 0) is 27.7 Å². The fraction of sp³-hybridized carbons (Fsp3) is 0.692. The summed E-state index contributed by atoms with van der Waals surface area (Å²) in [6, 6.07) is 0. The zero-order valence-corrected chi connectivity index (χ0v) is 13.0. The molecular formula is C13H23O6P. The highest BCUT2D eigenvalue weighted by Crippen LogP contribution is 2.49. The number of hydrogen-bond donors (Lipinski definition) is 0. The summed E-state index contributed by atoms with van der Waals surface area (Å²) in [5.74, 6) is -1.63. The zero-order chi connectivity index (χ0) is 15.4. The SMILES string of the molecule is C=CC(=O)C(=O)COP(=O)(OCCCC)OCCCC. The summed E-state index contributed by atoms with van der Waals surface area (Å²) < 4.78 is 27.3. The van der Waals surface area contributed by atoms with E-state index < -0.39 is 26.0 Å². The number of unbranched alkanes of at least 4 members (excludes halogenated alkanes) is 2. The van der Waals surface area contributed by atoms with E-state index in [2.05, 4.69) is 6.58 Å². The van der Waals surface area contributed by atoms with E-state index in [1.807, 2.05) is 13.8 Å². The van der Waals surface area contributed by atoms with Crippen LogP contribution in [0.3, 0.4) is 0 Å². The van der Waals surface area contributed by atoms with E-state index in [0.717, 1.165) is 18.9 Å². The van der Waals surface area contributed by atoms with Gasteiger partial charge in [-0.25, -0.2) is 4.57 Å². The third-order valence-electron chi connectivity index (χ3n) is 2.31. The largest absolute Gasteiger partial charge is 0.475 e. The number of phosphoric acid groups is 1. The van der Waals surface area contributed by atoms with Crippen LogP contribution in [0.1, 0.15) is 39.5 Å². The Hall–Kier alpha value is -0.810. The van der Waals surface area contributed by atoms with Crippen molar-refractivity contribution >= 4 is 19.4 Å². The summed E-state index contributed by atoms with van der Waals surface area (Å²) in [6.07, 6.45) is 4.01. The van der Waals surface area contributed by atoms with Gasteiger partial charge in [-0.3, -0.25) is 23.2 Å². The number of carbonyl (C=O) groups excluding carboxylic acids is 2. The molecule has 0 heterocycles. The van der Waals surface area contributed by atoms with Gasteiger partial charge in [0.05, 0.1) is 13.2 Å². The highest BCUT2D eigenvalue weighted by molar-refractivity contribution is 7.48. The second kappa shape index (κ2) is 10.9. The maximum atomic E-state index is 12.2. The van der Waals surface area contributed by atoms with Gasteiger partial charge in [0.2, 0.25) is 11.6 Å². The molecule has 116 valence electrons. The minimum atomic E-state index is -3.79. The number of carbonyl (C=O) groups is 2. The molecule has 0 aliphatic rings. The first kappa shape index (κ1) is 19.2. The minimum absolute atomic E-state index is 0.212. The van der Waals surface area contributed by atoms with Crippen molar-refractivity contribution in [1.29, 1.82) is 0 Å². The molecule has 0 amide bonds. The number of Topliss-reactive ketones (excluding diaryl/α,β-unsaturated/α-hetero) is 1. The lowest BCUT2D eigenvalue weighted by Crippen LogP contribution is -2.18. The van der Waals surface area contributed by atoms with E-state index in [1.54, 1.807) is 0 Å². The van der Waals surface area contributed by atoms with Crippen molar-refractivity contribution in [1.82, 2.24) is 0 Å². The highest BCUT2D eigenvalue weighted by Gasteiger charge is 2.28. The molecule has 0 aliphatic heterocycles. The third kappa shape index (κ3) is 8.38. The molecule has 7 heteroatoms. The second-order valence-corrected chi connectivity index (χ2v) is 5.75. The van der Waals surface area contributed by atoms with E-state index in [0.29, 0.717) is 12.8 Å². The Bertz CT molecular complexity index is 352. The zero-order valence-electron chi connectivity index (χ0n) is 12.1. The lowest BCUT2D eigenvalue weighted by atomic mass is 10.3. The Morgan fingerprint density at radius 3 is 1.95 bits per heavy atom. The van der Waals surface area contributed by atoms with Gasteiger partial charge in [0.25, 0.3) is 0 Å². The van der Waals surface area contributed by atoms with Crippen molar-refractivity contribution < 1.29 is 27.7 Å². The smallest absolute Gasteiger partial charge is 0.288 e. The van der Waals surface area contributed by atoms with Crippen molar-refractivity contribution in [2.45, 2.75) is 39.5 Å². The average Bonchev–Trinajstić information content (AvgIpc) is 2.44. The molecule has 0 spiro atoms. The van der Waals surface area contributed by atoms with Crippen LogP contribution in [0.25, 0.3) is 0 Å². The van der Waals surface area contributed by atoms with Crippen LogP contribution >= 0.6 is 7.82 Å². The summed E-state index contributed by atoms with van der Waals surface area (Å²) in [5.41, 5.74) is 0. The Morgan fingerprint density at radius 1 is 1.05 bits per heavy atom. The Kier molecular flexibility index (Phi) is 10.5. The molecular weight excluding hydrogens is 283 g/mol. The van der Waals surface area contributed by atoms with Gasteiger partial charge in [0.1, 0.15) is 6.61 Å². The van der Waals surface area contributed by atoms with Crippen LogP contribution in [0.15, 0.2) is 12.7 Å². The van der Waals surface area contributed by atoms with Gasteiger partial charge >= 0.3 is 7.82 Å². The van der Waals surface area contributed by atoms with Crippen LogP contribution in [0.4, 0.5) is 0 Å². The number of rotatable bonds is 13. The molecule has 0 fully saturated rings. The number of ketones is 2. The number of phosphoric ester groups is 1. The third-order valence-corrected chi connectivity index (χ3v) is 3.75. The summed E-state index contributed by atoms with van der Waals surface area (Å²) in [7, 11) is -3.79. The van der Waals surface area contributed by atoms with Gasteiger partial charge in [-0.1, -0.05) is 33.3 Å². The van der Waals surface area contributed by atoms with Gasteiger partial charge in [-0.05, 0) is 18.9 Å². The van der Waals surface area contributed by atoms with E-state index in [1.165, 1.54) is 0 Å². The molecule has 0 atom stereocenters. The highest BCUT2D eigenvalue weighted by atomic mass is 31.2. The summed E-state index contributed by atoms with van der Waals surface area (Å²) in [4.78, 5) is 22.3. The minimum Gasteiger partial charge on any atom is -0.288 e. The lowest BCUT2D eigenvalue weighted by Gasteiger charge is -2.17. The lowest BCUT2D eigenvalue weighted by molar-refractivity contribution is -0.135. The van der Waals surface area contributed by atoms with Crippen molar-refractivity contribution in [2.75, 3.05) is 19.8 Å². The van der Waals surface area contributed by atoms with Gasteiger partial charge in [-0.15, -0.1) is 0 Å². The van der Waals surface area contributed by atoms with E-state index in [9.17, 15) is 14.2 Å². The fourth-order valence-electron chi connectivity index (χ4n) is 1.08. The van der Waals surface area contributed by atoms with Crippen LogP contribution in [0, 0.1) is 0 Å². The van der Waals surface area contributed by atoms with Crippen LogP contribution in [0.5, 0.6) is 0 Å². The topological polar surface area (TPSA) is 78.9 Å². The first-order valence-corrected chi connectivity index (χ1v) is 8.18. The molecule has 0 saturated heterocycles. The van der Waals surface area contributed by atoms with Crippen LogP contribution in [-0.4, -0.2) is 31.4 Å². The predicted octanol–water partition coefficient (Wildman–Crippen LogP) is 3.07. The first-order valence-electron chi connectivity index (χ1n) is 6.72. The second-order valence-electron chi connectivity index (χ2n) is 4.09. The molecule has 0 aliphatic carbocycles. The predicted molar refractivity (Wildman–Crippen MR) is 75.5 cm³/mol. The molecule has 0 aromatic heterocycles. The van der Waals surface area contributed by atoms with Crippen molar-refractivity contribution in [3.63, 3.8) is 0 Å². The molecule has 0 N–H and O–H groups in total. The summed E-state index contributed by atoms with van der Waals surface area (Å²) >= 11 is 0. The molecule has 0 aromatic rings. The Morgan fingerprint density at radius 2 is 1.55 bits per heavy atom. The molecule has 0 saturated carbocycles.